The number of rotatable bonds is 10. The van der Waals surface area contributed by atoms with Crippen molar-refractivity contribution < 1.29 is 37.7 Å². The Morgan fingerprint density at radius 1 is 1.10 bits per heavy atom. The van der Waals surface area contributed by atoms with E-state index >= 15 is 0 Å². The Hall–Kier alpha value is -4.92. The van der Waals surface area contributed by atoms with Gasteiger partial charge in [0.1, 0.15) is 12.4 Å². The van der Waals surface area contributed by atoms with Gasteiger partial charge in [-0.3, -0.25) is 4.79 Å². The summed E-state index contributed by atoms with van der Waals surface area (Å²) in [6.45, 7) is 3.76. The Morgan fingerprint density at radius 2 is 1.79 bits per heavy atom. The first-order chi connectivity index (χ1) is 20.0. The lowest BCUT2D eigenvalue weighted by Gasteiger charge is -2.30. The van der Waals surface area contributed by atoms with Crippen LogP contribution in [-0.2, 0) is 9.53 Å². The zero-order valence-electron chi connectivity index (χ0n) is 24.3. The van der Waals surface area contributed by atoms with Crippen LogP contribution in [0.5, 0.6) is 23.0 Å². The van der Waals surface area contributed by atoms with Crippen molar-refractivity contribution in [2.75, 3.05) is 64.1 Å². The van der Waals surface area contributed by atoms with Gasteiger partial charge < -0.3 is 39.2 Å². The zero-order valence-corrected chi connectivity index (χ0v) is 24.3. The average molecular weight is 586 g/mol. The van der Waals surface area contributed by atoms with Gasteiger partial charge in [0.15, 0.2) is 40.3 Å². The van der Waals surface area contributed by atoms with Crippen LogP contribution in [0.1, 0.15) is 13.8 Å². The molecule has 2 N–H and O–H groups in total. The first-order valence-electron chi connectivity index (χ1n) is 12.7. The van der Waals surface area contributed by atoms with E-state index in [1.807, 2.05) is 19.0 Å². The Balaban J connectivity index is 1.73. The summed E-state index contributed by atoms with van der Waals surface area (Å²) in [6.07, 6.45) is 0.0623. The summed E-state index contributed by atoms with van der Waals surface area (Å²) in [5.74, 6) is -0.277. The molecule has 1 aromatic carbocycles. The van der Waals surface area contributed by atoms with E-state index in [0.717, 1.165) is 11.1 Å². The molecule has 0 spiro atoms. The lowest BCUT2D eigenvalue weighted by atomic mass is 10.1. The maximum atomic E-state index is 14.9. The van der Waals surface area contributed by atoms with Crippen molar-refractivity contribution in [3.63, 3.8) is 0 Å². The van der Waals surface area contributed by atoms with Gasteiger partial charge in [-0.2, -0.15) is 4.98 Å². The predicted octanol–water partition coefficient (Wildman–Crippen LogP) is 3.73. The van der Waals surface area contributed by atoms with Gasteiger partial charge in [0.2, 0.25) is 11.7 Å². The summed E-state index contributed by atoms with van der Waals surface area (Å²) < 4.78 is 42.4. The largest absolute Gasteiger partial charge is 0.493 e. The molecule has 2 amide bonds. The van der Waals surface area contributed by atoms with Gasteiger partial charge in [-0.25, -0.2) is 24.1 Å². The highest BCUT2D eigenvalue weighted by Crippen LogP contribution is 2.42. The third-order valence-corrected chi connectivity index (χ3v) is 6.03. The lowest BCUT2D eigenvalue weighted by molar-refractivity contribution is -0.129. The van der Waals surface area contributed by atoms with Crippen molar-refractivity contribution in [3.8, 4) is 23.0 Å². The van der Waals surface area contributed by atoms with Crippen molar-refractivity contribution >= 4 is 41.1 Å². The second kappa shape index (κ2) is 12.3. The van der Waals surface area contributed by atoms with E-state index in [1.54, 1.807) is 19.9 Å². The molecule has 2 aromatic heterocycles. The third-order valence-electron chi connectivity index (χ3n) is 6.03. The first-order valence-corrected chi connectivity index (χ1v) is 12.7. The number of amides is 2. The number of carbonyl (C=O) groups is 2. The van der Waals surface area contributed by atoms with Gasteiger partial charge in [-0.1, -0.05) is 0 Å². The monoisotopic (exact) mass is 585 g/mol. The van der Waals surface area contributed by atoms with E-state index in [-0.39, 0.29) is 53.1 Å². The Kier molecular flexibility index (Phi) is 8.80. The lowest BCUT2D eigenvalue weighted by Crippen LogP contribution is -2.46. The number of pyridine rings is 1. The number of nitrogens with zero attached hydrogens (tertiary/aromatic N) is 5. The minimum absolute atomic E-state index is 0.0582. The molecule has 0 bridgehead atoms. The number of hydrogen-bond acceptors (Lipinski definition) is 12. The maximum Gasteiger partial charge on any atom is 0.421 e. The highest BCUT2D eigenvalue weighted by molar-refractivity contribution is 5.99. The number of hydrogen-bond donors (Lipinski definition) is 2. The second-order valence-electron chi connectivity index (χ2n) is 9.74. The molecule has 0 radical (unpaired) electrons. The van der Waals surface area contributed by atoms with E-state index in [2.05, 4.69) is 25.6 Å². The van der Waals surface area contributed by atoms with Crippen LogP contribution >= 0.6 is 0 Å². The van der Waals surface area contributed by atoms with E-state index in [4.69, 9.17) is 23.7 Å². The van der Waals surface area contributed by atoms with Crippen molar-refractivity contribution in [2.45, 2.75) is 19.4 Å². The third kappa shape index (κ3) is 6.35. The fourth-order valence-corrected chi connectivity index (χ4v) is 3.82. The predicted molar refractivity (Wildman–Crippen MR) is 151 cm³/mol. The van der Waals surface area contributed by atoms with Gasteiger partial charge in [0.05, 0.1) is 33.2 Å². The molecule has 0 saturated heterocycles. The molecule has 1 aliphatic heterocycles. The number of aromatic nitrogens is 3. The average Bonchev–Trinajstić information content (AvgIpc) is 2.94. The van der Waals surface area contributed by atoms with Crippen LogP contribution < -0.4 is 34.5 Å². The normalized spacial score (nSPS) is 13.4. The molecule has 1 aliphatic rings. The van der Waals surface area contributed by atoms with E-state index in [1.165, 1.54) is 39.5 Å². The van der Waals surface area contributed by atoms with Crippen molar-refractivity contribution in [1.82, 2.24) is 19.9 Å². The first kappa shape index (κ1) is 30.0. The molecule has 15 heteroatoms. The summed E-state index contributed by atoms with van der Waals surface area (Å²) in [7, 11) is 7.97. The SMILES string of the molecule is COc1cc(N(C(=O)OCCN(C)C)c2ncc(F)c(Nc3ccc4c(n3)NC(=O)C(C)(C)O4)n2)cc(OC)c1OC. The number of carbonyl (C=O) groups excluding carboxylic acids is 2. The highest BCUT2D eigenvalue weighted by atomic mass is 19.1. The van der Waals surface area contributed by atoms with Crippen LogP contribution in [0.2, 0.25) is 0 Å². The van der Waals surface area contributed by atoms with Gasteiger partial charge in [0.25, 0.3) is 5.91 Å². The number of likely N-dealkylation sites (N-methyl/N-ethyl adjacent to an activating group) is 1. The number of methoxy groups -OCH3 is 3. The molecule has 0 aliphatic carbocycles. The Bertz CT molecular complexity index is 1460. The molecule has 42 heavy (non-hydrogen) atoms. The Morgan fingerprint density at radius 3 is 2.40 bits per heavy atom. The van der Waals surface area contributed by atoms with Gasteiger partial charge in [0, 0.05) is 18.7 Å². The molecule has 4 rings (SSSR count). The number of fused-ring (bicyclic) bond motifs is 1. The molecule has 0 saturated carbocycles. The highest BCUT2D eigenvalue weighted by Gasteiger charge is 2.36. The number of benzene rings is 1. The van der Waals surface area contributed by atoms with Crippen molar-refractivity contribution in [1.29, 1.82) is 0 Å². The van der Waals surface area contributed by atoms with E-state index < -0.39 is 17.5 Å². The summed E-state index contributed by atoms with van der Waals surface area (Å²) in [5.41, 5.74) is -0.874. The fourth-order valence-electron chi connectivity index (χ4n) is 3.82. The summed E-state index contributed by atoms with van der Waals surface area (Å²) in [4.78, 5) is 41.2. The molecule has 224 valence electrons. The molecule has 0 fully saturated rings. The topological polar surface area (TPSA) is 149 Å². The molecule has 0 atom stereocenters. The second-order valence-corrected chi connectivity index (χ2v) is 9.74. The zero-order chi connectivity index (χ0) is 30.6. The number of anilines is 5. The minimum atomic E-state index is -1.07. The summed E-state index contributed by atoms with van der Waals surface area (Å²) >= 11 is 0. The molecular formula is C27H32FN7O7. The minimum Gasteiger partial charge on any atom is -0.493 e. The van der Waals surface area contributed by atoms with Crippen LogP contribution in [0.4, 0.5) is 38.3 Å². The van der Waals surface area contributed by atoms with Crippen LogP contribution in [0.25, 0.3) is 0 Å². The number of ether oxygens (including phenoxy) is 5. The summed E-state index contributed by atoms with van der Waals surface area (Å²) in [6, 6.07) is 6.11. The van der Waals surface area contributed by atoms with Crippen LogP contribution in [0.3, 0.4) is 0 Å². The smallest absolute Gasteiger partial charge is 0.421 e. The maximum absolute atomic E-state index is 14.9. The van der Waals surface area contributed by atoms with Crippen LogP contribution in [-0.4, -0.2) is 86.0 Å². The van der Waals surface area contributed by atoms with Crippen molar-refractivity contribution in [2.24, 2.45) is 0 Å². The standard InChI is InChI=1S/C27H32FN7O7/c1-27(2)24(36)32-23-17(42-27)8-9-20(31-23)30-22-16(28)14-29-25(33-22)35(26(37)41-11-10-34(3)4)15-12-18(38-5)21(40-7)19(13-15)39-6/h8-9,12-14H,10-11H2,1-7H3,(H2,29,30,31,32,33,36). The number of halogens is 1. The van der Waals surface area contributed by atoms with Crippen LogP contribution in [0, 0.1) is 5.82 Å². The molecule has 3 aromatic rings. The van der Waals surface area contributed by atoms with E-state index in [0.29, 0.717) is 18.0 Å². The van der Waals surface area contributed by atoms with E-state index in [9.17, 15) is 14.0 Å². The van der Waals surface area contributed by atoms with Crippen LogP contribution in [0.15, 0.2) is 30.5 Å². The van der Waals surface area contributed by atoms with Gasteiger partial charge in [-0.05, 0) is 40.1 Å². The fraction of sp³-hybridized carbons (Fsp3) is 0.370. The Labute approximate surface area is 241 Å². The summed E-state index contributed by atoms with van der Waals surface area (Å²) in [5, 5.41) is 5.43. The quantitative estimate of drug-likeness (QED) is 0.357. The number of nitrogens with one attached hydrogen (secondary N) is 2. The molecular weight excluding hydrogens is 553 g/mol. The molecule has 0 unspecified atom stereocenters. The van der Waals surface area contributed by atoms with Gasteiger partial charge in [-0.15, -0.1) is 0 Å². The molecule has 14 nitrogen and oxygen atoms in total. The van der Waals surface area contributed by atoms with Crippen molar-refractivity contribution in [3.05, 3.63) is 36.3 Å². The van der Waals surface area contributed by atoms with Gasteiger partial charge >= 0.3 is 6.09 Å². The molecule has 3 heterocycles.